The van der Waals surface area contributed by atoms with Gasteiger partial charge in [-0.1, -0.05) is 323 Å². The molecule has 0 aliphatic rings. The summed E-state index contributed by atoms with van der Waals surface area (Å²) in [5, 5.41) is 0. The van der Waals surface area contributed by atoms with Crippen LogP contribution in [0.25, 0.3) is 0 Å². The third-order valence-electron chi connectivity index (χ3n) is 15.0. The van der Waals surface area contributed by atoms with Gasteiger partial charge in [0.1, 0.15) is 13.2 Å². The van der Waals surface area contributed by atoms with Crippen molar-refractivity contribution >= 4 is 17.9 Å². The third-order valence-corrected chi connectivity index (χ3v) is 15.0. The molecule has 0 amide bonds. The molecule has 0 aliphatic carbocycles. The second kappa shape index (κ2) is 69.6. The summed E-state index contributed by atoms with van der Waals surface area (Å²) in [4.78, 5) is 38.5. The Morgan fingerprint density at radius 3 is 0.744 bits per heavy atom. The lowest BCUT2D eigenvalue weighted by atomic mass is 10.0. The summed E-state index contributed by atoms with van der Waals surface area (Å²) in [7, 11) is 0. The minimum Gasteiger partial charge on any atom is -0.462 e. The zero-order chi connectivity index (χ0) is 59.2. The van der Waals surface area contributed by atoms with Crippen molar-refractivity contribution in [2.24, 2.45) is 0 Å². The van der Waals surface area contributed by atoms with Gasteiger partial charge in [-0.15, -0.1) is 0 Å². The summed E-state index contributed by atoms with van der Waals surface area (Å²) < 4.78 is 17.0. The van der Waals surface area contributed by atoms with Crippen LogP contribution in [0.15, 0.2) is 109 Å². The molecule has 0 saturated heterocycles. The third kappa shape index (κ3) is 66.9. The quantitative estimate of drug-likeness (QED) is 0.0261. The number of allylic oxidation sites excluding steroid dienone is 18. The standard InChI is InChI=1S/C76H130O6/c1-4-7-10-13-16-19-22-25-28-30-32-34-36-37-38-39-41-42-44-46-48-51-54-57-60-63-66-69-75(78)81-72-73(71-80-74(77)68-65-62-59-56-53-50-27-24-21-18-15-12-9-6-3)82-76(79)70-67-64-61-58-55-52-49-47-45-43-40-35-33-31-29-26-23-20-17-14-11-8-5-2/h7-8,10-11,16-17,19-20,25-26,28-29,32-35,43,45,73H,4-6,9,12-15,18,21-24,27,30-31,36-42,44,46-72H2,1-3H3/b10-7-,11-8-,19-16-,20-17-,28-25-,29-26-,34-32-,35-33-,45-43-. The monoisotopic (exact) mass is 1140 g/mol. The number of unbranched alkanes of at least 4 members (excludes halogenated alkanes) is 34. The Morgan fingerprint density at radius 2 is 0.476 bits per heavy atom. The summed E-state index contributed by atoms with van der Waals surface area (Å²) in [6.45, 7) is 6.44. The number of hydrogen-bond acceptors (Lipinski definition) is 6. The van der Waals surface area contributed by atoms with E-state index in [2.05, 4.69) is 130 Å². The molecule has 6 nitrogen and oxygen atoms in total. The van der Waals surface area contributed by atoms with E-state index in [9.17, 15) is 14.4 Å². The second-order valence-corrected chi connectivity index (χ2v) is 23.0. The van der Waals surface area contributed by atoms with Gasteiger partial charge < -0.3 is 14.2 Å². The molecule has 470 valence electrons. The highest BCUT2D eigenvalue weighted by atomic mass is 16.6. The molecule has 0 bridgehead atoms. The molecule has 0 N–H and O–H groups in total. The van der Waals surface area contributed by atoms with Crippen LogP contribution in [-0.2, 0) is 28.6 Å². The Balaban J connectivity index is 4.32. The van der Waals surface area contributed by atoms with Crippen LogP contribution in [0, 0.1) is 0 Å². The molecule has 1 atom stereocenters. The Labute approximate surface area is 508 Å². The van der Waals surface area contributed by atoms with E-state index < -0.39 is 6.10 Å². The smallest absolute Gasteiger partial charge is 0.306 e. The predicted molar refractivity (Wildman–Crippen MR) is 357 cm³/mol. The Kier molecular flexibility index (Phi) is 66.2. The Hall–Kier alpha value is -3.93. The van der Waals surface area contributed by atoms with Crippen LogP contribution >= 0.6 is 0 Å². The Bertz CT molecular complexity index is 1640. The zero-order valence-corrected chi connectivity index (χ0v) is 54.0. The van der Waals surface area contributed by atoms with Crippen LogP contribution in [0.4, 0.5) is 0 Å². The van der Waals surface area contributed by atoms with Gasteiger partial charge in [0.25, 0.3) is 0 Å². The SMILES string of the molecule is CC/C=C\C/C=C\C/C=C\C/C=C\C/C=C\CCCCCCCCCC(=O)OC(COC(=O)CCCCCCCCCCCCCCCC)COC(=O)CCCCCCCCCCCCCCCC/C=C\C/C=C\C/C=C\C/C=C\CC. The van der Waals surface area contributed by atoms with Crippen LogP contribution < -0.4 is 0 Å². The van der Waals surface area contributed by atoms with E-state index in [1.807, 2.05) is 0 Å². The van der Waals surface area contributed by atoms with E-state index in [4.69, 9.17) is 14.2 Å². The van der Waals surface area contributed by atoms with Gasteiger partial charge in [0.15, 0.2) is 6.10 Å². The highest BCUT2D eigenvalue weighted by Crippen LogP contribution is 2.17. The van der Waals surface area contributed by atoms with Crippen molar-refractivity contribution in [1.82, 2.24) is 0 Å². The molecule has 0 aromatic carbocycles. The van der Waals surface area contributed by atoms with Crippen molar-refractivity contribution in [3.8, 4) is 0 Å². The lowest BCUT2D eigenvalue weighted by molar-refractivity contribution is -0.167. The molecular weight excluding hydrogens is 1010 g/mol. The van der Waals surface area contributed by atoms with Crippen molar-refractivity contribution in [3.05, 3.63) is 109 Å². The fourth-order valence-electron chi connectivity index (χ4n) is 9.88. The lowest BCUT2D eigenvalue weighted by Crippen LogP contribution is -2.30. The molecule has 6 heteroatoms. The van der Waals surface area contributed by atoms with Crippen molar-refractivity contribution in [2.75, 3.05) is 13.2 Å². The normalized spacial score (nSPS) is 12.8. The van der Waals surface area contributed by atoms with Crippen LogP contribution in [-0.4, -0.2) is 37.2 Å². The number of ether oxygens (including phenoxy) is 3. The van der Waals surface area contributed by atoms with E-state index in [-0.39, 0.29) is 31.1 Å². The summed E-state index contributed by atoms with van der Waals surface area (Å²) in [6, 6.07) is 0. The summed E-state index contributed by atoms with van der Waals surface area (Å²) >= 11 is 0. The van der Waals surface area contributed by atoms with E-state index >= 15 is 0 Å². The number of esters is 3. The first-order chi connectivity index (χ1) is 40.5. The molecule has 0 saturated carbocycles. The first-order valence-corrected chi connectivity index (χ1v) is 34.9. The molecule has 0 fully saturated rings. The fourth-order valence-corrected chi connectivity index (χ4v) is 9.88. The second-order valence-electron chi connectivity index (χ2n) is 23.0. The van der Waals surface area contributed by atoms with Gasteiger partial charge in [-0.3, -0.25) is 14.4 Å². The van der Waals surface area contributed by atoms with Gasteiger partial charge in [-0.2, -0.15) is 0 Å². The molecule has 0 aliphatic heterocycles. The van der Waals surface area contributed by atoms with Crippen molar-refractivity contribution in [1.29, 1.82) is 0 Å². The zero-order valence-electron chi connectivity index (χ0n) is 54.0. The molecule has 0 heterocycles. The van der Waals surface area contributed by atoms with Gasteiger partial charge in [0.05, 0.1) is 0 Å². The topological polar surface area (TPSA) is 78.9 Å². The highest BCUT2D eigenvalue weighted by Gasteiger charge is 2.19. The number of hydrogen-bond donors (Lipinski definition) is 0. The number of carbonyl (C=O) groups is 3. The van der Waals surface area contributed by atoms with Gasteiger partial charge in [0, 0.05) is 19.3 Å². The van der Waals surface area contributed by atoms with Crippen molar-refractivity contribution in [2.45, 2.75) is 341 Å². The number of carbonyl (C=O) groups excluding carboxylic acids is 3. The van der Waals surface area contributed by atoms with Gasteiger partial charge >= 0.3 is 17.9 Å². The molecule has 82 heavy (non-hydrogen) atoms. The van der Waals surface area contributed by atoms with Gasteiger partial charge in [0.2, 0.25) is 0 Å². The fraction of sp³-hybridized carbons (Fsp3) is 0.724. The molecule has 1 unspecified atom stereocenters. The summed E-state index contributed by atoms with van der Waals surface area (Å²) in [5.41, 5.74) is 0. The minimum absolute atomic E-state index is 0.0795. The van der Waals surface area contributed by atoms with E-state index in [0.717, 1.165) is 122 Å². The predicted octanol–water partition coefficient (Wildman–Crippen LogP) is 24.2. The largest absolute Gasteiger partial charge is 0.462 e. The first kappa shape index (κ1) is 78.1. The molecule has 0 rings (SSSR count). The maximum atomic E-state index is 13.0. The molecule has 0 radical (unpaired) electrons. The minimum atomic E-state index is -0.785. The molecular formula is C76H130O6. The van der Waals surface area contributed by atoms with Crippen LogP contribution in [0.1, 0.15) is 335 Å². The van der Waals surface area contributed by atoms with E-state index in [0.29, 0.717) is 19.3 Å². The van der Waals surface area contributed by atoms with Crippen LogP contribution in [0.3, 0.4) is 0 Å². The average molecular weight is 1140 g/mol. The average Bonchev–Trinajstić information content (AvgIpc) is 3.47. The maximum absolute atomic E-state index is 13.0. The number of rotatable bonds is 63. The molecule has 0 aromatic rings. The maximum Gasteiger partial charge on any atom is 0.306 e. The van der Waals surface area contributed by atoms with Gasteiger partial charge in [-0.25, -0.2) is 0 Å². The van der Waals surface area contributed by atoms with Crippen molar-refractivity contribution < 1.29 is 28.6 Å². The highest BCUT2D eigenvalue weighted by molar-refractivity contribution is 5.71. The summed E-state index contributed by atoms with van der Waals surface area (Å²) in [6.07, 6.45) is 95.3. The van der Waals surface area contributed by atoms with E-state index in [1.54, 1.807) is 0 Å². The summed E-state index contributed by atoms with van der Waals surface area (Å²) in [5.74, 6) is -0.876. The van der Waals surface area contributed by atoms with E-state index in [1.165, 1.54) is 173 Å². The van der Waals surface area contributed by atoms with Crippen LogP contribution in [0.5, 0.6) is 0 Å². The Morgan fingerprint density at radius 1 is 0.256 bits per heavy atom. The van der Waals surface area contributed by atoms with Crippen molar-refractivity contribution in [3.63, 3.8) is 0 Å². The first-order valence-electron chi connectivity index (χ1n) is 34.9. The molecule has 0 spiro atoms. The van der Waals surface area contributed by atoms with Crippen LogP contribution in [0.2, 0.25) is 0 Å². The lowest BCUT2D eigenvalue weighted by Gasteiger charge is -2.18. The van der Waals surface area contributed by atoms with Gasteiger partial charge in [-0.05, 0) is 103 Å². The molecule has 0 aromatic heterocycles.